The Kier molecular flexibility index (Phi) is 5.63. The van der Waals surface area contributed by atoms with Gasteiger partial charge in [0, 0.05) is 5.56 Å². The summed E-state index contributed by atoms with van der Waals surface area (Å²) in [7, 11) is 0. The Hall–Kier alpha value is -3.92. The molecule has 0 spiro atoms. The smallest absolute Gasteiger partial charge is 0.277 e. The van der Waals surface area contributed by atoms with Crippen molar-refractivity contribution in [2.75, 3.05) is 6.61 Å². The highest BCUT2D eigenvalue weighted by atomic mass is 16.5. The highest BCUT2D eigenvalue weighted by Crippen LogP contribution is 2.22. The maximum absolute atomic E-state index is 12.0. The summed E-state index contributed by atoms with van der Waals surface area (Å²) in [6.45, 7) is -0.0996. The van der Waals surface area contributed by atoms with E-state index in [2.05, 4.69) is 22.7 Å². The minimum Gasteiger partial charge on any atom is -0.484 e. The van der Waals surface area contributed by atoms with E-state index in [1.807, 2.05) is 84.9 Å². The number of carbonyl (C=O) groups excluding carboxylic acids is 1. The van der Waals surface area contributed by atoms with E-state index in [0.29, 0.717) is 5.75 Å². The number of benzene rings is 4. The lowest BCUT2D eigenvalue weighted by Gasteiger charge is -2.07. The molecule has 142 valence electrons. The summed E-state index contributed by atoms with van der Waals surface area (Å²) in [5, 5.41) is 6.27. The summed E-state index contributed by atoms with van der Waals surface area (Å²) in [6.07, 6.45) is 1.65. The molecule has 0 saturated heterocycles. The van der Waals surface area contributed by atoms with Gasteiger partial charge in [-0.2, -0.15) is 5.10 Å². The molecule has 0 aromatic heterocycles. The van der Waals surface area contributed by atoms with Crippen LogP contribution >= 0.6 is 0 Å². The third-order valence-electron chi connectivity index (χ3n) is 4.55. The van der Waals surface area contributed by atoms with Crippen LogP contribution in [0.5, 0.6) is 5.75 Å². The van der Waals surface area contributed by atoms with Crippen molar-refractivity contribution in [2.45, 2.75) is 0 Å². The zero-order valence-corrected chi connectivity index (χ0v) is 15.8. The fourth-order valence-corrected chi connectivity index (χ4v) is 3.09. The van der Waals surface area contributed by atoms with Crippen molar-refractivity contribution in [1.29, 1.82) is 0 Å². The first-order valence-electron chi connectivity index (χ1n) is 9.37. The van der Waals surface area contributed by atoms with Gasteiger partial charge in [-0.05, 0) is 34.0 Å². The molecule has 4 heteroatoms. The number of hydrogen-bond acceptors (Lipinski definition) is 3. The SMILES string of the molecule is O=C(COc1ccc(-c2ccccc2)cc1)N/N=C\c1cccc2ccccc12. The van der Waals surface area contributed by atoms with Crippen LogP contribution in [0, 0.1) is 0 Å². The van der Waals surface area contributed by atoms with E-state index in [9.17, 15) is 4.79 Å². The zero-order chi connectivity index (χ0) is 19.9. The molecule has 4 aromatic carbocycles. The number of nitrogens with zero attached hydrogens (tertiary/aromatic N) is 1. The lowest BCUT2D eigenvalue weighted by molar-refractivity contribution is -0.123. The first kappa shape index (κ1) is 18.4. The van der Waals surface area contributed by atoms with Gasteiger partial charge in [-0.1, -0.05) is 84.9 Å². The van der Waals surface area contributed by atoms with Crippen LogP contribution in [-0.2, 0) is 4.79 Å². The lowest BCUT2D eigenvalue weighted by atomic mass is 10.1. The maximum atomic E-state index is 12.0. The van der Waals surface area contributed by atoms with Gasteiger partial charge in [0.2, 0.25) is 0 Å². The lowest BCUT2D eigenvalue weighted by Crippen LogP contribution is -2.24. The zero-order valence-electron chi connectivity index (χ0n) is 15.8. The Morgan fingerprint density at radius 3 is 2.31 bits per heavy atom. The predicted molar refractivity (Wildman–Crippen MR) is 117 cm³/mol. The molecule has 0 atom stereocenters. The van der Waals surface area contributed by atoms with E-state index >= 15 is 0 Å². The molecule has 0 aliphatic carbocycles. The Morgan fingerprint density at radius 1 is 0.793 bits per heavy atom. The maximum Gasteiger partial charge on any atom is 0.277 e. The van der Waals surface area contributed by atoms with Gasteiger partial charge in [0.25, 0.3) is 5.91 Å². The number of amides is 1. The molecule has 4 rings (SSSR count). The number of hydrazone groups is 1. The Morgan fingerprint density at radius 2 is 1.48 bits per heavy atom. The minimum absolute atomic E-state index is 0.0996. The quantitative estimate of drug-likeness (QED) is 0.376. The Bertz CT molecular complexity index is 1130. The van der Waals surface area contributed by atoms with Gasteiger partial charge in [-0.25, -0.2) is 5.43 Å². The molecule has 0 fully saturated rings. The molecule has 0 aliphatic rings. The molecule has 0 radical (unpaired) electrons. The molecule has 1 N–H and O–H groups in total. The van der Waals surface area contributed by atoms with Crippen LogP contribution in [0.1, 0.15) is 5.56 Å². The van der Waals surface area contributed by atoms with Crippen molar-refractivity contribution < 1.29 is 9.53 Å². The van der Waals surface area contributed by atoms with E-state index < -0.39 is 0 Å². The van der Waals surface area contributed by atoms with Gasteiger partial charge in [0.1, 0.15) is 5.75 Å². The van der Waals surface area contributed by atoms with Crippen LogP contribution in [-0.4, -0.2) is 18.7 Å². The fraction of sp³-hybridized carbons (Fsp3) is 0.0400. The second-order valence-corrected chi connectivity index (χ2v) is 6.54. The summed E-state index contributed by atoms with van der Waals surface area (Å²) in [5.74, 6) is 0.325. The highest BCUT2D eigenvalue weighted by molar-refractivity contribution is 5.99. The summed E-state index contributed by atoms with van der Waals surface area (Å²) in [6, 6.07) is 31.8. The summed E-state index contributed by atoms with van der Waals surface area (Å²) >= 11 is 0. The van der Waals surface area contributed by atoms with Crippen LogP contribution in [0.15, 0.2) is 102 Å². The number of rotatable bonds is 6. The van der Waals surface area contributed by atoms with Gasteiger partial charge >= 0.3 is 0 Å². The Balaban J connectivity index is 1.31. The topological polar surface area (TPSA) is 50.7 Å². The van der Waals surface area contributed by atoms with E-state index in [1.54, 1.807) is 6.21 Å². The van der Waals surface area contributed by atoms with Crippen LogP contribution in [0.4, 0.5) is 0 Å². The number of hydrogen-bond donors (Lipinski definition) is 1. The van der Waals surface area contributed by atoms with Crippen LogP contribution in [0.25, 0.3) is 21.9 Å². The van der Waals surface area contributed by atoms with Gasteiger partial charge in [-0.15, -0.1) is 0 Å². The average Bonchev–Trinajstić information content (AvgIpc) is 2.79. The average molecular weight is 380 g/mol. The summed E-state index contributed by atoms with van der Waals surface area (Å²) < 4.78 is 5.55. The largest absolute Gasteiger partial charge is 0.484 e. The van der Waals surface area contributed by atoms with Gasteiger partial charge in [0.15, 0.2) is 6.61 Å². The first-order chi connectivity index (χ1) is 14.3. The molecule has 0 aliphatic heterocycles. The van der Waals surface area contributed by atoms with Crippen molar-refractivity contribution in [3.8, 4) is 16.9 Å². The number of fused-ring (bicyclic) bond motifs is 1. The van der Waals surface area contributed by atoms with Gasteiger partial charge < -0.3 is 4.74 Å². The van der Waals surface area contributed by atoms with Crippen LogP contribution < -0.4 is 10.2 Å². The molecule has 0 unspecified atom stereocenters. The highest BCUT2D eigenvalue weighted by Gasteiger charge is 2.03. The molecule has 4 nitrogen and oxygen atoms in total. The Labute approximate surface area is 169 Å². The number of carbonyl (C=O) groups is 1. The van der Waals surface area contributed by atoms with E-state index in [-0.39, 0.29) is 12.5 Å². The third-order valence-corrected chi connectivity index (χ3v) is 4.55. The second-order valence-electron chi connectivity index (χ2n) is 6.54. The fourth-order valence-electron chi connectivity index (χ4n) is 3.09. The van der Waals surface area contributed by atoms with Crippen molar-refractivity contribution in [3.05, 3.63) is 103 Å². The van der Waals surface area contributed by atoms with Crippen molar-refractivity contribution >= 4 is 22.9 Å². The second kappa shape index (κ2) is 8.85. The molecule has 4 aromatic rings. The molecule has 0 saturated carbocycles. The van der Waals surface area contributed by atoms with Crippen LogP contribution in [0.3, 0.4) is 0 Å². The summed E-state index contributed by atoms with van der Waals surface area (Å²) in [4.78, 5) is 12.0. The monoisotopic (exact) mass is 380 g/mol. The molecule has 0 heterocycles. The van der Waals surface area contributed by atoms with Crippen molar-refractivity contribution in [2.24, 2.45) is 5.10 Å². The molecule has 1 amide bonds. The molecular formula is C25H20N2O2. The van der Waals surface area contributed by atoms with Gasteiger partial charge in [0.05, 0.1) is 6.21 Å². The standard InChI is InChI=1S/C25H20N2O2/c28-25(27-26-17-22-11-6-10-21-9-4-5-12-24(21)22)18-29-23-15-13-20(14-16-23)19-7-2-1-3-8-19/h1-17H,18H2,(H,27,28)/b26-17-. The van der Waals surface area contributed by atoms with E-state index in [1.165, 1.54) is 0 Å². The minimum atomic E-state index is -0.311. The van der Waals surface area contributed by atoms with E-state index in [4.69, 9.17) is 4.74 Å². The van der Waals surface area contributed by atoms with E-state index in [0.717, 1.165) is 27.5 Å². The van der Waals surface area contributed by atoms with Crippen molar-refractivity contribution in [1.82, 2.24) is 5.43 Å². The number of nitrogens with one attached hydrogen (secondary N) is 1. The number of ether oxygens (including phenoxy) is 1. The molecular weight excluding hydrogens is 360 g/mol. The van der Waals surface area contributed by atoms with Gasteiger partial charge in [-0.3, -0.25) is 4.79 Å². The normalized spacial score (nSPS) is 10.9. The first-order valence-corrected chi connectivity index (χ1v) is 9.37. The predicted octanol–water partition coefficient (Wildman–Crippen LogP) is 5.04. The molecule has 0 bridgehead atoms. The third kappa shape index (κ3) is 4.68. The summed E-state index contributed by atoms with van der Waals surface area (Å²) in [5.41, 5.74) is 5.69. The molecule has 29 heavy (non-hydrogen) atoms. The van der Waals surface area contributed by atoms with Crippen LogP contribution in [0.2, 0.25) is 0 Å². The van der Waals surface area contributed by atoms with Crippen molar-refractivity contribution in [3.63, 3.8) is 0 Å².